The van der Waals surface area contributed by atoms with Crippen LogP contribution in [0.25, 0.3) is 0 Å². The maximum Gasteiger partial charge on any atom is 0.341 e. The molecule has 1 aromatic heterocycles. The van der Waals surface area contributed by atoms with E-state index in [1.165, 1.54) is 0 Å². The Morgan fingerprint density at radius 3 is 2.72 bits per heavy atom. The number of rotatable bonds is 5. The minimum absolute atomic E-state index is 0.155. The number of carbonyl (C=O) groups excluding carboxylic acids is 1. The predicted molar refractivity (Wildman–Crippen MR) is 92.8 cm³/mol. The topological polar surface area (TPSA) is 73.6 Å². The van der Waals surface area contributed by atoms with Crippen LogP contribution in [0.5, 0.6) is 5.88 Å². The lowest BCUT2D eigenvalue weighted by molar-refractivity contribution is 0.0126. The molecule has 0 bridgehead atoms. The van der Waals surface area contributed by atoms with Crippen LogP contribution in [0.4, 0.5) is 0 Å². The van der Waals surface area contributed by atoms with E-state index in [-0.39, 0.29) is 12.8 Å². The molecule has 0 amide bonds. The van der Waals surface area contributed by atoms with E-state index in [1.807, 2.05) is 40.0 Å². The molecule has 1 aliphatic rings. The summed E-state index contributed by atoms with van der Waals surface area (Å²) in [6.45, 7) is 5.62. The number of ether oxygens (including phenoxy) is 2. The summed E-state index contributed by atoms with van der Waals surface area (Å²) in [5, 5.41) is 7.23. The van der Waals surface area contributed by atoms with Crippen molar-refractivity contribution in [2.45, 2.75) is 46.1 Å². The number of benzene rings is 1. The second-order valence-corrected chi connectivity index (χ2v) is 6.53. The first kappa shape index (κ1) is 17.5. The van der Waals surface area contributed by atoms with Gasteiger partial charge in [-0.1, -0.05) is 17.7 Å². The normalized spacial score (nSPS) is 16.4. The second-order valence-electron chi connectivity index (χ2n) is 6.53. The molecule has 1 aromatic carbocycles. The summed E-state index contributed by atoms with van der Waals surface area (Å²) in [6, 6.07) is 4.09. The Hall–Kier alpha value is -2.34. The Morgan fingerprint density at radius 2 is 2.04 bits per heavy atom. The average molecular weight is 344 g/mol. The minimum atomic E-state index is -0.391. The standard InChI is InChI=1S/C19H24N2O4/c1-11-8-12(2)16(13(3)9-11)19(22)24-10-23-18-17-14(20-4)6-5-7-15(17)25-21-18/h8-9,14,20H,5-7,10H2,1-4H3/t14-/m1/s1. The van der Waals surface area contributed by atoms with Gasteiger partial charge in [0.1, 0.15) is 5.76 Å². The average Bonchev–Trinajstić information content (AvgIpc) is 2.97. The van der Waals surface area contributed by atoms with Gasteiger partial charge in [-0.3, -0.25) is 0 Å². The van der Waals surface area contributed by atoms with Gasteiger partial charge in [0.05, 0.1) is 11.1 Å². The summed E-state index contributed by atoms with van der Waals surface area (Å²) in [5.74, 6) is 0.855. The molecule has 0 fully saturated rings. The van der Waals surface area contributed by atoms with Gasteiger partial charge in [0.2, 0.25) is 6.79 Å². The third-order valence-electron chi connectivity index (χ3n) is 4.63. The van der Waals surface area contributed by atoms with Gasteiger partial charge in [0.15, 0.2) is 0 Å². The van der Waals surface area contributed by atoms with Gasteiger partial charge >= 0.3 is 5.97 Å². The number of nitrogens with zero attached hydrogens (tertiary/aromatic N) is 1. The van der Waals surface area contributed by atoms with Crippen molar-refractivity contribution in [3.63, 3.8) is 0 Å². The van der Waals surface area contributed by atoms with E-state index in [0.717, 1.165) is 47.3 Å². The van der Waals surface area contributed by atoms with Crippen LogP contribution in [0, 0.1) is 20.8 Å². The highest BCUT2D eigenvalue weighted by atomic mass is 16.7. The lowest BCUT2D eigenvalue weighted by atomic mass is 9.93. The first-order valence-electron chi connectivity index (χ1n) is 8.54. The van der Waals surface area contributed by atoms with E-state index in [4.69, 9.17) is 14.0 Å². The molecule has 0 saturated carbocycles. The summed E-state index contributed by atoms with van der Waals surface area (Å²) >= 11 is 0. The fourth-order valence-corrected chi connectivity index (χ4v) is 3.55. The molecule has 6 nitrogen and oxygen atoms in total. The molecule has 3 rings (SSSR count). The van der Waals surface area contributed by atoms with Gasteiger partial charge < -0.3 is 19.3 Å². The third kappa shape index (κ3) is 3.54. The molecule has 1 aliphatic carbocycles. The number of aryl methyl sites for hydroxylation is 4. The second kappa shape index (κ2) is 7.27. The third-order valence-corrected chi connectivity index (χ3v) is 4.63. The number of hydrogen-bond acceptors (Lipinski definition) is 6. The molecule has 0 saturated heterocycles. The van der Waals surface area contributed by atoms with E-state index >= 15 is 0 Å². The molecule has 134 valence electrons. The highest BCUT2D eigenvalue weighted by molar-refractivity contribution is 5.92. The summed E-state index contributed by atoms with van der Waals surface area (Å²) in [7, 11) is 1.90. The first-order valence-corrected chi connectivity index (χ1v) is 8.54. The van der Waals surface area contributed by atoms with Crippen LogP contribution >= 0.6 is 0 Å². The van der Waals surface area contributed by atoms with E-state index in [1.54, 1.807) is 0 Å². The first-order chi connectivity index (χ1) is 12.0. The fourth-order valence-electron chi connectivity index (χ4n) is 3.55. The van der Waals surface area contributed by atoms with Crippen molar-refractivity contribution < 1.29 is 18.8 Å². The van der Waals surface area contributed by atoms with Crippen molar-refractivity contribution in [3.8, 4) is 5.88 Å². The molecular formula is C19H24N2O4. The Bertz CT molecular complexity index is 759. The van der Waals surface area contributed by atoms with Crippen LogP contribution in [0.2, 0.25) is 0 Å². The number of esters is 1. The number of hydrogen-bond donors (Lipinski definition) is 1. The monoisotopic (exact) mass is 344 g/mol. The maximum absolute atomic E-state index is 12.4. The zero-order chi connectivity index (χ0) is 18.0. The predicted octanol–water partition coefficient (Wildman–Crippen LogP) is 3.39. The molecule has 0 radical (unpaired) electrons. The molecular weight excluding hydrogens is 320 g/mol. The van der Waals surface area contributed by atoms with Crippen LogP contribution in [0.3, 0.4) is 0 Å². The van der Waals surface area contributed by atoms with Crippen molar-refractivity contribution in [3.05, 3.63) is 45.7 Å². The molecule has 1 N–H and O–H groups in total. The number of aromatic nitrogens is 1. The maximum atomic E-state index is 12.4. The lowest BCUT2D eigenvalue weighted by Crippen LogP contribution is -2.21. The summed E-state index contributed by atoms with van der Waals surface area (Å²) < 4.78 is 16.2. The molecule has 0 unspecified atom stereocenters. The Kier molecular flexibility index (Phi) is 5.08. The van der Waals surface area contributed by atoms with Gasteiger partial charge in [0, 0.05) is 12.5 Å². The van der Waals surface area contributed by atoms with Gasteiger partial charge in [-0.2, -0.15) is 0 Å². The lowest BCUT2D eigenvalue weighted by Gasteiger charge is -2.20. The largest absolute Gasteiger partial charge is 0.437 e. The van der Waals surface area contributed by atoms with Crippen molar-refractivity contribution >= 4 is 5.97 Å². The zero-order valence-electron chi connectivity index (χ0n) is 15.1. The summed E-state index contributed by atoms with van der Waals surface area (Å²) in [6.07, 6.45) is 2.90. The van der Waals surface area contributed by atoms with E-state index < -0.39 is 5.97 Å². The van der Waals surface area contributed by atoms with Crippen LogP contribution in [-0.4, -0.2) is 25.0 Å². The Balaban J connectivity index is 1.66. The minimum Gasteiger partial charge on any atom is -0.437 e. The Labute approximate surface area is 147 Å². The summed E-state index contributed by atoms with van der Waals surface area (Å²) in [5.41, 5.74) is 4.44. The van der Waals surface area contributed by atoms with E-state index in [9.17, 15) is 4.79 Å². The van der Waals surface area contributed by atoms with Gasteiger partial charge in [0.25, 0.3) is 5.88 Å². The number of nitrogens with one attached hydrogen (secondary N) is 1. The molecule has 25 heavy (non-hydrogen) atoms. The van der Waals surface area contributed by atoms with Crippen LogP contribution in [0.1, 0.15) is 57.3 Å². The smallest absolute Gasteiger partial charge is 0.341 e. The van der Waals surface area contributed by atoms with Crippen molar-refractivity contribution in [2.24, 2.45) is 0 Å². The van der Waals surface area contributed by atoms with E-state index in [0.29, 0.717) is 11.4 Å². The van der Waals surface area contributed by atoms with Crippen LogP contribution in [-0.2, 0) is 11.2 Å². The fraction of sp³-hybridized carbons (Fsp3) is 0.474. The quantitative estimate of drug-likeness (QED) is 0.662. The molecule has 1 atom stereocenters. The van der Waals surface area contributed by atoms with Crippen LogP contribution in [0.15, 0.2) is 16.7 Å². The van der Waals surface area contributed by atoms with Gasteiger partial charge in [-0.25, -0.2) is 4.79 Å². The SMILES string of the molecule is CN[C@@H]1CCCc2onc(OCOC(=O)c3c(C)cc(C)cc3C)c21. The molecule has 0 spiro atoms. The Morgan fingerprint density at radius 1 is 1.32 bits per heavy atom. The number of carbonyl (C=O) groups is 1. The van der Waals surface area contributed by atoms with Gasteiger partial charge in [-0.15, -0.1) is 0 Å². The molecule has 6 heteroatoms. The highest BCUT2D eigenvalue weighted by Crippen LogP contribution is 2.36. The summed E-state index contributed by atoms with van der Waals surface area (Å²) in [4.78, 5) is 12.4. The van der Waals surface area contributed by atoms with Crippen molar-refractivity contribution in [2.75, 3.05) is 13.8 Å². The molecule has 1 heterocycles. The van der Waals surface area contributed by atoms with Gasteiger partial charge in [-0.05, 0) is 56.9 Å². The van der Waals surface area contributed by atoms with Crippen molar-refractivity contribution in [1.29, 1.82) is 0 Å². The van der Waals surface area contributed by atoms with Crippen LogP contribution < -0.4 is 10.1 Å². The zero-order valence-corrected chi connectivity index (χ0v) is 15.1. The van der Waals surface area contributed by atoms with E-state index in [2.05, 4.69) is 10.5 Å². The highest BCUT2D eigenvalue weighted by Gasteiger charge is 2.28. The molecule has 2 aromatic rings. The van der Waals surface area contributed by atoms with Crippen molar-refractivity contribution in [1.82, 2.24) is 10.5 Å². The number of fused-ring (bicyclic) bond motifs is 1. The molecule has 0 aliphatic heterocycles.